The van der Waals surface area contributed by atoms with E-state index in [9.17, 15) is 0 Å². The molecular weight excluding hydrogens is 226 g/mol. The Labute approximate surface area is 113 Å². The largest absolute Gasteiger partial charge is 0.378 e. The molecule has 3 atom stereocenters. The van der Waals surface area contributed by atoms with Gasteiger partial charge in [-0.1, -0.05) is 6.92 Å². The van der Waals surface area contributed by atoms with Crippen LogP contribution in [0.15, 0.2) is 0 Å². The fraction of sp³-hybridized carbons (Fsp3) is 1.00. The van der Waals surface area contributed by atoms with Crippen molar-refractivity contribution in [3.8, 4) is 0 Å². The molecule has 108 valence electrons. The molecule has 18 heavy (non-hydrogen) atoms. The van der Waals surface area contributed by atoms with E-state index in [-0.39, 0.29) is 5.54 Å². The predicted molar refractivity (Wildman–Crippen MR) is 75.9 cm³/mol. The number of hydrogen-bond donors (Lipinski definition) is 1. The average molecular weight is 257 g/mol. The van der Waals surface area contributed by atoms with Crippen molar-refractivity contribution < 1.29 is 9.47 Å². The maximum atomic E-state index is 6.03. The molecule has 3 heteroatoms. The number of ether oxygens (including phenoxy) is 2. The fourth-order valence-electron chi connectivity index (χ4n) is 2.32. The highest BCUT2D eigenvalue weighted by atomic mass is 16.5. The van der Waals surface area contributed by atoms with E-state index < -0.39 is 0 Å². The van der Waals surface area contributed by atoms with E-state index in [1.54, 1.807) is 0 Å². The van der Waals surface area contributed by atoms with Gasteiger partial charge in [0.25, 0.3) is 0 Å². The van der Waals surface area contributed by atoms with Crippen molar-refractivity contribution in [2.45, 2.75) is 78.2 Å². The van der Waals surface area contributed by atoms with Crippen LogP contribution in [0.5, 0.6) is 0 Å². The Hall–Kier alpha value is -0.120. The van der Waals surface area contributed by atoms with E-state index in [4.69, 9.17) is 9.47 Å². The molecular formula is C15H31NO2. The lowest BCUT2D eigenvalue weighted by Gasteiger charge is -2.33. The van der Waals surface area contributed by atoms with Crippen LogP contribution in [0.3, 0.4) is 0 Å². The minimum absolute atomic E-state index is 0.190. The Kier molecular flexibility index (Phi) is 6.09. The molecule has 1 fully saturated rings. The molecule has 0 aromatic heterocycles. The first-order valence-corrected chi connectivity index (χ1v) is 7.28. The second-order valence-corrected chi connectivity index (χ2v) is 6.92. The molecule has 3 nitrogen and oxygen atoms in total. The number of rotatable bonds is 5. The Morgan fingerprint density at radius 3 is 2.28 bits per heavy atom. The van der Waals surface area contributed by atoms with Crippen LogP contribution in [0.2, 0.25) is 0 Å². The third kappa shape index (κ3) is 6.72. The summed E-state index contributed by atoms with van der Waals surface area (Å²) in [4.78, 5) is 0. The third-order valence-corrected chi connectivity index (χ3v) is 3.25. The summed E-state index contributed by atoms with van der Waals surface area (Å²) in [6, 6.07) is 0. The Bertz CT molecular complexity index is 227. The van der Waals surface area contributed by atoms with Crippen molar-refractivity contribution in [3.05, 3.63) is 0 Å². The van der Waals surface area contributed by atoms with Crippen LogP contribution in [0.25, 0.3) is 0 Å². The van der Waals surface area contributed by atoms with Gasteiger partial charge in [-0.15, -0.1) is 0 Å². The lowest BCUT2D eigenvalue weighted by molar-refractivity contribution is -0.106. The first-order chi connectivity index (χ1) is 8.26. The summed E-state index contributed by atoms with van der Waals surface area (Å²) in [5.74, 6) is 0.553. The van der Waals surface area contributed by atoms with E-state index in [1.165, 1.54) is 0 Å². The highest BCUT2D eigenvalue weighted by Crippen LogP contribution is 2.22. The van der Waals surface area contributed by atoms with Gasteiger partial charge in [0.1, 0.15) is 0 Å². The van der Waals surface area contributed by atoms with Gasteiger partial charge in [-0.2, -0.15) is 0 Å². The summed E-state index contributed by atoms with van der Waals surface area (Å²) < 4.78 is 11.8. The van der Waals surface area contributed by atoms with E-state index in [1.807, 2.05) is 0 Å². The minimum atomic E-state index is 0.190. The molecule has 0 aromatic rings. The predicted octanol–water partition coefficient (Wildman–Crippen LogP) is 2.98. The molecule has 0 bridgehead atoms. The lowest BCUT2D eigenvalue weighted by Crippen LogP contribution is -2.40. The van der Waals surface area contributed by atoms with Gasteiger partial charge in [-0.25, -0.2) is 0 Å². The van der Waals surface area contributed by atoms with Crippen LogP contribution < -0.4 is 5.32 Å². The van der Waals surface area contributed by atoms with Crippen LogP contribution >= 0.6 is 0 Å². The van der Waals surface area contributed by atoms with Crippen LogP contribution in [-0.4, -0.2) is 37.0 Å². The third-order valence-electron chi connectivity index (χ3n) is 3.25. The van der Waals surface area contributed by atoms with Crippen molar-refractivity contribution in [1.29, 1.82) is 0 Å². The van der Waals surface area contributed by atoms with Crippen molar-refractivity contribution in [2.24, 2.45) is 5.92 Å². The normalized spacial score (nSPS) is 31.3. The molecule has 0 aromatic carbocycles. The maximum absolute atomic E-state index is 6.03. The second-order valence-electron chi connectivity index (χ2n) is 6.92. The van der Waals surface area contributed by atoms with Crippen LogP contribution in [0, 0.1) is 5.92 Å². The van der Waals surface area contributed by atoms with Crippen molar-refractivity contribution >= 4 is 0 Å². The van der Waals surface area contributed by atoms with Gasteiger partial charge in [0.05, 0.1) is 24.9 Å². The van der Waals surface area contributed by atoms with Gasteiger partial charge in [0, 0.05) is 12.1 Å². The summed E-state index contributed by atoms with van der Waals surface area (Å²) >= 11 is 0. The average Bonchev–Trinajstić information content (AvgIpc) is 2.21. The standard InChI is InChI=1S/C15H31NO2/c1-11(9-16-15(4,5)6)10-17-14-7-12(2)18-13(3)8-14/h11-14,16H,7-10H2,1-6H3. The molecule has 0 spiro atoms. The molecule has 1 saturated heterocycles. The zero-order valence-corrected chi connectivity index (χ0v) is 13.0. The quantitative estimate of drug-likeness (QED) is 0.821. The molecule has 0 radical (unpaired) electrons. The summed E-state index contributed by atoms with van der Waals surface area (Å²) in [5, 5.41) is 3.52. The molecule has 1 aliphatic heterocycles. The van der Waals surface area contributed by atoms with Gasteiger partial charge < -0.3 is 14.8 Å². The molecule has 0 aliphatic carbocycles. The summed E-state index contributed by atoms with van der Waals surface area (Å²) in [5.41, 5.74) is 0.190. The van der Waals surface area contributed by atoms with Crippen molar-refractivity contribution in [2.75, 3.05) is 13.2 Å². The fourth-order valence-corrected chi connectivity index (χ4v) is 2.32. The van der Waals surface area contributed by atoms with E-state index in [0.29, 0.717) is 24.2 Å². The Morgan fingerprint density at radius 1 is 1.22 bits per heavy atom. The van der Waals surface area contributed by atoms with Crippen LogP contribution in [0.1, 0.15) is 54.4 Å². The van der Waals surface area contributed by atoms with Gasteiger partial charge in [0.15, 0.2) is 0 Å². The highest BCUT2D eigenvalue weighted by Gasteiger charge is 2.25. The minimum Gasteiger partial charge on any atom is -0.378 e. The lowest BCUT2D eigenvalue weighted by atomic mass is 10.0. The summed E-state index contributed by atoms with van der Waals surface area (Å²) in [6.45, 7) is 15.0. The molecule has 0 saturated carbocycles. The molecule has 1 N–H and O–H groups in total. The molecule has 0 amide bonds. The summed E-state index contributed by atoms with van der Waals surface area (Å²) in [6.07, 6.45) is 3.11. The monoisotopic (exact) mass is 257 g/mol. The van der Waals surface area contributed by atoms with E-state index >= 15 is 0 Å². The summed E-state index contributed by atoms with van der Waals surface area (Å²) in [7, 11) is 0. The van der Waals surface area contributed by atoms with Gasteiger partial charge >= 0.3 is 0 Å². The SMILES string of the molecule is CC(CNC(C)(C)C)COC1CC(C)OC(C)C1. The van der Waals surface area contributed by atoms with Crippen molar-refractivity contribution in [3.63, 3.8) is 0 Å². The number of hydrogen-bond acceptors (Lipinski definition) is 3. The van der Waals surface area contributed by atoms with Crippen LogP contribution in [0.4, 0.5) is 0 Å². The van der Waals surface area contributed by atoms with Crippen LogP contribution in [-0.2, 0) is 9.47 Å². The molecule has 1 rings (SSSR count). The van der Waals surface area contributed by atoms with E-state index in [2.05, 4.69) is 46.9 Å². The highest BCUT2D eigenvalue weighted by molar-refractivity contribution is 4.75. The first-order valence-electron chi connectivity index (χ1n) is 7.28. The Morgan fingerprint density at radius 2 is 1.78 bits per heavy atom. The molecule has 1 aliphatic rings. The smallest absolute Gasteiger partial charge is 0.0624 e. The maximum Gasteiger partial charge on any atom is 0.0624 e. The van der Waals surface area contributed by atoms with Gasteiger partial charge in [-0.05, 0) is 53.4 Å². The zero-order valence-electron chi connectivity index (χ0n) is 13.0. The number of nitrogens with one attached hydrogen (secondary N) is 1. The van der Waals surface area contributed by atoms with Gasteiger partial charge in [0.2, 0.25) is 0 Å². The zero-order chi connectivity index (χ0) is 13.8. The van der Waals surface area contributed by atoms with Crippen molar-refractivity contribution in [1.82, 2.24) is 5.32 Å². The van der Waals surface area contributed by atoms with E-state index in [0.717, 1.165) is 26.0 Å². The Balaban J connectivity index is 2.19. The topological polar surface area (TPSA) is 30.5 Å². The molecule has 1 heterocycles. The molecule has 3 unspecified atom stereocenters. The van der Waals surface area contributed by atoms with Gasteiger partial charge in [-0.3, -0.25) is 0 Å². The second kappa shape index (κ2) is 6.88. The first kappa shape index (κ1) is 15.9.